The van der Waals surface area contributed by atoms with Gasteiger partial charge in [-0.3, -0.25) is 4.79 Å². The number of carbonyl (C=O) groups excluding carboxylic acids is 1. The van der Waals surface area contributed by atoms with E-state index >= 15 is 0 Å². The number of nitrogens with one attached hydrogen (secondary N) is 3. The molecule has 3 aliphatic heterocycles. The number of hydrogen-bond acceptors (Lipinski definition) is 6. The van der Waals surface area contributed by atoms with Crippen molar-refractivity contribution in [2.45, 2.75) is 25.4 Å². The van der Waals surface area contributed by atoms with E-state index in [-0.39, 0.29) is 18.3 Å². The van der Waals surface area contributed by atoms with Crippen LogP contribution in [-0.2, 0) is 0 Å². The van der Waals surface area contributed by atoms with Gasteiger partial charge in [0.1, 0.15) is 5.82 Å². The Morgan fingerprint density at radius 3 is 2.58 bits per heavy atom. The van der Waals surface area contributed by atoms with Crippen LogP contribution in [0.4, 0.5) is 17.5 Å². The molecular weight excluding hydrogens is 352 g/mol. The summed E-state index contributed by atoms with van der Waals surface area (Å²) in [5.74, 6) is 1.45. The van der Waals surface area contributed by atoms with Gasteiger partial charge in [0.2, 0.25) is 5.95 Å². The Morgan fingerprint density at radius 1 is 1.23 bits per heavy atom. The van der Waals surface area contributed by atoms with Gasteiger partial charge in [0.15, 0.2) is 0 Å². The number of carbonyl (C=O) groups is 1. The van der Waals surface area contributed by atoms with Gasteiger partial charge in [-0.25, -0.2) is 4.98 Å². The number of fused-ring (bicyclic) bond motifs is 2. The van der Waals surface area contributed by atoms with Gasteiger partial charge in [-0.15, -0.1) is 12.4 Å². The molecule has 2 aromatic rings. The third-order valence-corrected chi connectivity index (χ3v) is 4.63. The summed E-state index contributed by atoms with van der Waals surface area (Å²) in [6.45, 7) is 4.51. The van der Waals surface area contributed by atoms with E-state index in [4.69, 9.17) is 0 Å². The minimum Gasteiger partial charge on any atom is -0.353 e. The molecule has 2 unspecified atom stereocenters. The third-order valence-electron chi connectivity index (χ3n) is 4.63. The average molecular weight is 375 g/mol. The number of piperazine rings is 1. The fourth-order valence-electron chi connectivity index (χ4n) is 3.38. The topological polar surface area (TPSA) is 82.2 Å². The average Bonchev–Trinajstić information content (AvgIpc) is 2.62. The smallest absolute Gasteiger partial charge is 0.251 e. The van der Waals surface area contributed by atoms with Crippen molar-refractivity contribution in [2.75, 3.05) is 29.9 Å². The largest absolute Gasteiger partial charge is 0.353 e. The van der Waals surface area contributed by atoms with Crippen molar-refractivity contribution >= 4 is 35.8 Å². The number of aromatic nitrogens is 2. The number of benzene rings is 1. The SMILES string of the molecule is CCNC(=O)c1ccc(Nc2nccc(N3CC4CC(C3)N4)n2)cc1.Cl. The van der Waals surface area contributed by atoms with Crippen molar-refractivity contribution in [3.63, 3.8) is 0 Å². The molecule has 0 aliphatic carbocycles. The van der Waals surface area contributed by atoms with Crippen molar-refractivity contribution in [1.82, 2.24) is 20.6 Å². The first-order valence-electron chi connectivity index (χ1n) is 8.70. The van der Waals surface area contributed by atoms with E-state index < -0.39 is 0 Å². The molecule has 26 heavy (non-hydrogen) atoms. The van der Waals surface area contributed by atoms with Gasteiger partial charge in [0, 0.05) is 49.2 Å². The summed E-state index contributed by atoms with van der Waals surface area (Å²) in [7, 11) is 0. The summed E-state index contributed by atoms with van der Waals surface area (Å²) >= 11 is 0. The van der Waals surface area contributed by atoms with Crippen molar-refractivity contribution in [3.05, 3.63) is 42.1 Å². The number of rotatable bonds is 5. The molecule has 4 heterocycles. The molecule has 3 saturated heterocycles. The summed E-state index contributed by atoms with van der Waals surface area (Å²) < 4.78 is 0. The number of piperidine rings is 1. The lowest BCUT2D eigenvalue weighted by atomic mass is 9.91. The maximum atomic E-state index is 11.8. The van der Waals surface area contributed by atoms with E-state index in [0.29, 0.717) is 30.1 Å². The molecule has 0 radical (unpaired) electrons. The molecule has 0 saturated carbocycles. The molecule has 1 aromatic carbocycles. The van der Waals surface area contributed by atoms with E-state index in [9.17, 15) is 4.79 Å². The van der Waals surface area contributed by atoms with Crippen LogP contribution in [0.3, 0.4) is 0 Å². The molecule has 7 nitrogen and oxygen atoms in total. The normalized spacial score (nSPS) is 20.6. The Labute approximate surface area is 159 Å². The minimum atomic E-state index is -0.0652. The molecule has 8 heteroatoms. The Bertz CT molecular complexity index is 753. The van der Waals surface area contributed by atoms with E-state index in [2.05, 4.69) is 30.8 Å². The fourth-order valence-corrected chi connectivity index (χ4v) is 3.38. The monoisotopic (exact) mass is 374 g/mol. The molecule has 2 bridgehead atoms. The van der Waals surface area contributed by atoms with Crippen molar-refractivity contribution in [1.29, 1.82) is 0 Å². The van der Waals surface area contributed by atoms with E-state index in [1.807, 2.05) is 25.1 Å². The highest BCUT2D eigenvalue weighted by molar-refractivity contribution is 5.94. The first kappa shape index (κ1) is 18.4. The van der Waals surface area contributed by atoms with Gasteiger partial charge in [0.25, 0.3) is 5.91 Å². The molecule has 0 spiro atoms. The van der Waals surface area contributed by atoms with Crippen LogP contribution in [0.1, 0.15) is 23.7 Å². The van der Waals surface area contributed by atoms with Crippen molar-refractivity contribution in [3.8, 4) is 0 Å². The van der Waals surface area contributed by atoms with Gasteiger partial charge in [-0.1, -0.05) is 0 Å². The molecule has 5 rings (SSSR count). The molecular formula is C18H23ClN6O. The summed E-state index contributed by atoms with van der Waals surface area (Å²) in [6.07, 6.45) is 3.05. The van der Waals surface area contributed by atoms with Crippen LogP contribution < -0.4 is 20.9 Å². The maximum absolute atomic E-state index is 11.8. The molecule has 2 atom stereocenters. The number of anilines is 3. The van der Waals surface area contributed by atoms with Gasteiger partial charge in [0.05, 0.1) is 0 Å². The van der Waals surface area contributed by atoms with Gasteiger partial charge in [-0.2, -0.15) is 4.98 Å². The zero-order valence-corrected chi connectivity index (χ0v) is 15.4. The molecule has 3 fully saturated rings. The lowest BCUT2D eigenvalue weighted by Gasteiger charge is -2.48. The minimum absolute atomic E-state index is 0. The van der Waals surface area contributed by atoms with Gasteiger partial charge < -0.3 is 20.9 Å². The second-order valence-electron chi connectivity index (χ2n) is 6.50. The summed E-state index contributed by atoms with van der Waals surface area (Å²) in [5.41, 5.74) is 1.50. The predicted molar refractivity (Wildman–Crippen MR) is 105 cm³/mol. The maximum Gasteiger partial charge on any atom is 0.251 e. The van der Waals surface area contributed by atoms with Crippen LogP contribution in [-0.4, -0.2) is 47.6 Å². The third kappa shape index (κ3) is 3.89. The molecule has 3 N–H and O–H groups in total. The Hall–Kier alpha value is -2.38. The summed E-state index contributed by atoms with van der Waals surface area (Å²) in [6, 6.07) is 10.4. The predicted octanol–water partition coefficient (Wildman–Crippen LogP) is 1.94. The van der Waals surface area contributed by atoms with Gasteiger partial charge in [-0.05, 0) is 43.7 Å². The standard InChI is InChI=1S/C18H22N6O.ClH/c1-2-19-17(25)12-3-5-13(6-4-12)22-18-20-8-7-16(23-18)24-10-14-9-15(11-24)21-14;/h3-8,14-15,21H,2,9-11H2,1H3,(H,19,25)(H,20,22,23);1H. The highest BCUT2D eigenvalue weighted by Gasteiger charge is 2.36. The second-order valence-corrected chi connectivity index (χ2v) is 6.50. The Balaban J connectivity index is 0.00000196. The van der Waals surface area contributed by atoms with Crippen LogP contribution in [0.5, 0.6) is 0 Å². The van der Waals surface area contributed by atoms with E-state index in [0.717, 1.165) is 24.6 Å². The second kappa shape index (κ2) is 7.88. The van der Waals surface area contributed by atoms with Crippen LogP contribution in [0.15, 0.2) is 36.5 Å². The van der Waals surface area contributed by atoms with E-state index in [1.165, 1.54) is 6.42 Å². The lowest BCUT2D eigenvalue weighted by molar-refractivity contribution is 0.0956. The zero-order valence-electron chi connectivity index (χ0n) is 14.6. The number of amides is 1. The highest BCUT2D eigenvalue weighted by Crippen LogP contribution is 2.25. The number of halogens is 1. The molecule has 3 aliphatic rings. The zero-order chi connectivity index (χ0) is 17.2. The molecule has 1 aromatic heterocycles. The number of nitrogens with zero attached hydrogens (tertiary/aromatic N) is 3. The quantitative estimate of drug-likeness (QED) is 0.742. The first-order valence-corrected chi connectivity index (χ1v) is 8.70. The van der Waals surface area contributed by atoms with Crippen molar-refractivity contribution < 1.29 is 4.79 Å². The highest BCUT2D eigenvalue weighted by atomic mass is 35.5. The van der Waals surface area contributed by atoms with Crippen LogP contribution in [0, 0.1) is 0 Å². The summed E-state index contributed by atoms with van der Waals surface area (Å²) in [5, 5.41) is 9.52. The molecule has 1 amide bonds. The summed E-state index contributed by atoms with van der Waals surface area (Å²) in [4.78, 5) is 23.0. The Morgan fingerprint density at radius 2 is 1.92 bits per heavy atom. The lowest BCUT2D eigenvalue weighted by Crippen LogP contribution is -2.67. The first-order chi connectivity index (χ1) is 12.2. The number of hydrogen-bond donors (Lipinski definition) is 3. The van der Waals surface area contributed by atoms with Crippen LogP contribution >= 0.6 is 12.4 Å². The van der Waals surface area contributed by atoms with Crippen molar-refractivity contribution in [2.24, 2.45) is 0 Å². The van der Waals surface area contributed by atoms with E-state index in [1.54, 1.807) is 18.3 Å². The fraction of sp³-hybridized carbons (Fsp3) is 0.389. The van der Waals surface area contributed by atoms with Crippen LogP contribution in [0.2, 0.25) is 0 Å². The van der Waals surface area contributed by atoms with Crippen LogP contribution in [0.25, 0.3) is 0 Å². The molecule has 138 valence electrons. The van der Waals surface area contributed by atoms with Gasteiger partial charge >= 0.3 is 0 Å². The Kier molecular flexibility index (Phi) is 5.58.